The third-order valence-corrected chi connectivity index (χ3v) is 10.2. The summed E-state index contributed by atoms with van der Waals surface area (Å²) in [7, 11) is 0. The highest BCUT2D eigenvalue weighted by molar-refractivity contribution is 7.13. The monoisotopic (exact) mass is 401 g/mol. The Labute approximate surface area is 173 Å². The van der Waals surface area contributed by atoms with Gasteiger partial charge in [0.2, 0.25) is 0 Å². The van der Waals surface area contributed by atoms with Crippen molar-refractivity contribution in [3.63, 3.8) is 0 Å². The van der Waals surface area contributed by atoms with Crippen molar-refractivity contribution < 1.29 is 9.84 Å². The van der Waals surface area contributed by atoms with E-state index in [1.807, 2.05) is 13.1 Å². The number of fused-ring (bicyclic) bond motifs is 5. The van der Waals surface area contributed by atoms with E-state index >= 15 is 0 Å². The molecule has 28 heavy (non-hydrogen) atoms. The SMILES string of the molecule is CCOc1cnc(C2CCC3C4CC=C5CC(O)CCC5(C)C4CCC23C)s1. The van der Waals surface area contributed by atoms with Gasteiger partial charge in [0.25, 0.3) is 0 Å². The van der Waals surface area contributed by atoms with Crippen LogP contribution in [0.2, 0.25) is 0 Å². The number of aliphatic hydroxyl groups is 1. The zero-order valence-corrected chi connectivity index (χ0v) is 18.4. The summed E-state index contributed by atoms with van der Waals surface area (Å²) in [5.74, 6) is 3.05. The zero-order valence-electron chi connectivity index (χ0n) is 17.6. The summed E-state index contributed by atoms with van der Waals surface area (Å²) in [5, 5.41) is 12.5. The minimum Gasteiger partial charge on any atom is -0.483 e. The van der Waals surface area contributed by atoms with Crippen LogP contribution in [-0.2, 0) is 0 Å². The first-order valence-electron chi connectivity index (χ1n) is 11.4. The molecule has 1 N–H and O–H groups in total. The highest BCUT2D eigenvalue weighted by atomic mass is 32.1. The van der Waals surface area contributed by atoms with Crippen LogP contribution in [0.5, 0.6) is 5.06 Å². The van der Waals surface area contributed by atoms with Crippen molar-refractivity contribution in [3.8, 4) is 5.06 Å². The van der Waals surface area contributed by atoms with Gasteiger partial charge in [-0.2, -0.15) is 0 Å². The second-order valence-corrected chi connectivity index (χ2v) is 11.3. The molecule has 0 aliphatic heterocycles. The molecule has 3 nitrogen and oxygen atoms in total. The van der Waals surface area contributed by atoms with Gasteiger partial charge in [-0.25, -0.2) is 4.98 Å². The average Bonchev–Trinajstić information content (AvgIpc) is 3.26. The fraction of sp³-hybridized carbons (Fsp3) is 0.792. The van der Waals surface area contributed by atoms with E-state index < -0.39 is 0 Å². The Balaban J connectivity index is 1.42. The van der Waals surface area contributed by atoms with Gasteiger partial charge in [-0.3, -0.25) is 0 Å². The molecule has 3 saturated carbocycles. The fourth-order valence-corrected chi connectivity index (χ4v) is 8.81. The van der Waals surface area contributed by atoms with Crippen LogP contribution in [0.3, 0.4) is 0 Å². The predicted molar refractivity (Wildman–Crippen MR) is 114 cm³/mol. The minimum atomic E-state index is -0.106. The van der Waals surface area contributed by atoms with Crippen molar-refractivity contribution >= 4 is 11.3 Å². The van der Waals surface area contributed by atoms with E-state index in [-0.39, 0.29) is 6.10 Å². The molecule has 3 fully saturated rings. The Hall–Kier alpha value is -0.870. The van der Waals surface area contributed by atoms with Gasteiger partial charge in [0.1, 0.15) is 0 Å². The first kappa shape index (κ1) is 19.1. The number of rotatable bonds is 3. The number of ether oxygens (including phenoxy) is 1. The van der Waals surface area contributed by atoms with E-state index in [1.165, 1.54) is 43.5 Å². The summed E-state index contributed by atoms with van der Waals surface area (Å²) < 4.78 is 5.71. The summed E-state index contributed by atoms with van der Waals surface area (Å²) >= 11 is 1.78. The highest BCUT2D eigenvalue weighted by Crippen LogP contribution is 2.68. The highest BCUT2D eigenvalue weighted by Gasteiger charge is 2.59. The van der Waals surface area contributed by atoms with Crippen LogP contribution >= 0.6 is 11.3 Å². The van der Waals surface area contributed by atoms with Gasteiger partial charge in [0.05, 0.1) is 23.9 Å². The summed E-state index contributed by atoms with van der Waals surface area (Å²) in [6.07, 6.45) is 14.0. The van der Waals surface area contributed by atoms with Crippen LogP contribution in [0, 0.1) is 28.6 Å². The molecular formula is C24H35NO2S. The molecule has 154 valence electrons. The first-order chi connectivity index (χ1) is 13.5. The smallest absolute Gasteiger partial charge is 0.194 e. The van der Waals surface area contributed by atoms with Crippen molar-refractivity contribution in [2.24, 2.45) is 28.6 Å². The minimum absolute atomic E-state index is 0.106. The molecule has 0 spiro atoms. The molecule has 1 heterocycles. The molecule has 1 aromatic heterocycles. The first-order valence-corrected chi connectivity index (χ1v) is 12.2. The van der Waals surface area contributed by atoms with Crippen LogP contribution < -0.4 is 4.74 Å². The molecule has 1 aromatic rings. The predicted octanol–water partition coefficient (Wildman–Crippen LogP) is 5.95. The molecule has 0 radical (unpaired) electrons. The van der Waals surface area contributed by atoms with Crippen LogP contribution in [0.1, 0.15) is 83.1 Å². The van der Waals surface area contributed by atoms with E-state index in [0.717, 1.165) is 42.3 Å². The number of thiazole rings is 1. The van der Waals surface area contributed by atoms with Crippen molar-refractivity contribution in [1.29, 1.82) is 0 Å². The van der Waals surface area contributed by atoms with E-state index in [4.69, 9.17) is 9.72 Å². The normalized spacial score (nSPS) is 45.0. The Morgan fingerprint density at radius 3 is 2.86 bits per heavy atom. The van der Waals surface area contributed by atoms with Crippen LogP contribution in [-0.4, -0.2) is 22.8 Å². The number of nitrogens with zero attached hydrogens (tertiary/aromatic N) is 1. The van der Waals surface area contributed by atoms with E-state index in [1.54, 1.807) is 16.9 Å². The summed E-state index contributed by atoms with van der Waals surface area (Å²) in [6.45, 7) is 7.85. The third-order valence-electron chi connectivity index (χ3n) is 9.16. The van der Waals surface area contributed by atoms with E-state index in [2.05, 4.69) is 19.9 Å². The fourth-order valence-electron chi connectivity index (χ4n) is 7.69. The van der Waals surface area contributed by atoms with Gasteiger partial charge >= 0.3 is 0 Å². The molecule has 0 bridgehead atoms. The van der Waals surface area contributed by atoms with E-state index in [0.29, 0.717) is 16.7 Å². The van der Waals surface area contributed by atoms with Gasteiger partial charge in [0, 0.05) is 5.92 Å². The van der Waals surface area contributed by atoms with Crippen molar-refractivity contribution in [2.75, 3.05) is 6.61 Å². The Morgan fingerprint density at radius 1 is 1.18 bits per heavy atom. The lowest BCUT2D eigenvalue weighted by Gasteiger charge is -2.58. The lowest BCUT2D eigenvalue weighted by atomic mass is 9.47. The van der Waals surface area contributed by atoms with Crippen LogP contribution in [0.15, 0.2) is 17.8 Å². The summed E-state index contributed by atoms with van der Waals surface area (Å²) in [4.78, 5) is 4.80. The maximum Gasteiger partial charge on any atom is 0.194 e. The van der Waals surface area contributed by atoms with Crippen LogP contribution in [0.25, 0.3) is 0 Å². The molecule has 4 aliphatic rings. The van der Waals surface area contributed by atoms with Crippen molar-refractivity contribution in [2.45, 2.75) is 84.2 Å². The molecule has 4 aliphatic carbocycles. The van der Waals surface area contributed by atoms with Crippen LogP contribution in [0.4, 0.5) is 0 Å². The van der Waals surface area contributed by atoms with Gasteiger partial charge < -0.3 is 9.84 Å². The number of allylic oxidation sites excluding steroid dienone is 1. The zero-order chi connectivity index (χ0) is 19.5. The second-order valence-electron chi connectivity index (χ2n) is 10.3. The quantitative estimate of drug-likeness (QED) is 0.637. The standard InChI is InChI=1S/C24H35NO2S/c1-4-27-21-14-25-22(28-21)20-8-7-18-17-6-5-15-13-16(26)9-11-23(15,2)19(17)10-12-24(18,20)3/h5,14,16-20,26H,4,6-13H2,1-3H3. The third kappa shape index (κ3) is 2.74. The van der Waals surface area contributed by atoms with Gasteiger partial charge in [-0.05, 0) is 86.9 Å². The molecule has 0 aromatic carbocycles. The maximum absolute atomic E-state index is 10.2. The average molecular weight is 402 g/mol. The van der Waals surface area contributed by atoms with Crippen molar-refractivity contribution in [1.82, 2.24) is 4.98 Å². The molecule has 0 saturated heterocycles. The lowest BCUT2D eigenvalue weighted by molar-refractivity contribution is -0.0409. The molecule has 7 unspecified atom stereocenters. The largest absolute Gasteiger partial charge is 0.483 e. The molecule has 0 amide bonds. The molecular weight excluding hydrogens is 366 g/mol. The molecule has 4 heteroatoms. The van der Waals surface area contributed by atoms with Crippen molar-refractivity contribution in [3.05, 3.63) is 22.9 Å². The van der Waals surface area contributed by atoms with E-state index in [9.17, 15) is 5.11 Å². The Morgan fingerprint density at radius 2 is 2.04 bits per heavy atom. The Bertz CT molecular complexity index is 772. The van der Waals surface area contributed by atoms with Gasteiger partial charge in [-0.1, -0.05) is 36.8 Å². The molecule has 7 atom stereocenters. The summed E-state index contributed by atoms with van der Waals surface area (Å²) in [6, 6.07) is 0. The molecule has 5 rings (SSSR count). The number of aromatic nitrogens is 1. The van der Waals surface area contributed by atoms with Gasteiger partial charge in [-0.15, -0.1) is 0 Å². The second kappa shape index (κ2) is 6.84. The maximum atomic E-state index is 10.2. The number of hydrogen-bond donors (Lipinski definition) is 1. The Kier molecular flexibility index (Phi) is 4.67. The van der Waals surface area contributed by atoms with Gasteiger partial charge in [0.15, 0.2) is 5.06 Å². The summed E-state index contributed by atoms with van der Waals surface area (Å²) in [5.41, 5.74) is 2.30. The number of aliphatic hydroxyl groups excluding tert-OH is 1. The lowest BCUT2D eigenvalue weighted by Crippen LogP contribution is -2.50. The number of hydrogen-bond acceptors (Lipinski definition) is 4. The topological polar surface area (TPSA) is 42.4 Å².